The van der Waals surface area contributed by atoms with Gasteiger partial charge in [0.25, 0.3) is 0 Å². The van der Waals surface area contributed by atoms with Crippen LogP contribution in [0.25, 0.3) is 0 Å². The summed E-state index contributed by atoms with van der Waals surface area (Å²) in [6.45, 7) is 3.65. The summed E-state index contributed by atoms with van der Waals surface area (Å²) in [6.07, 6.45) is -3.03. The van der Waals surface area contributed by atoms with Gasteiger partial charge >= 0.3 is 30.7 Å². The monoisotopic (exact) mass is 730 g/mol. The Kier molecular flexibility index (Phi) is 6.53. The van der Waals surface area contributed by atoms with Gasteiger partial charge in [-0.1, -0.05) is 58.3 Å². The summed E-state index contributed by atoms with van der Waals surface area (Å²) in [7, 11) is -28.9. The lowest BCUT2D eigenvalue weighted by molar-refractivity contribution is 0.0345. The van der Waals surface area contributed by atoms with Crippen molar-refractivity contribution in [2.24, 2.45) is 11.8 Å². The standard InChI is InChI=1S/2C8H8F5NOS.C5H5F5OS/c1-8-2-5(4-14)7(15-8)6(3-8)16(9,10,11,12)13;1-8-3-7(16(9,10,11,12)13)6(15-8)2-5(8)4-14;1-4-2-5(3-11-4)12(6,7,8,9)10/h3,5,7H,2H2,1H3;3,5-6H,2H2,1H3;2-3H,1H3. The summed E-state index contributed by atoms with van der Waals surface area (Å²) in [5.74, 6) is -2.16. The Bertz CT molecular complexity index is 1560. The minimum Gasteiger partial charge on any atom is -0.468 e. The first-order valence-electron chi connectivity index (χ1n) is 11.6. The molecule has 0 radical (unpaired) electrons. The van der Waals surface area contributed by atoms with Crippen LogP contribution >= 0.6 is 30.7 Å². The number of hydrogen-bond donors (Lipinski definition) is 0. The molecule has 6 unspecified atom stereocenters. The molecule has 0 spiro atoms. The number of nitriles is 2. The summed E-state index contributed by atoms with van der Waals surface area (Å²) in [4.78, 5) is -5.80. The van der Waals surface area contributed by atoms with Crippen LogP contribution in [0.2, 0.25) is 0 Å². The maximum absolute atomic E-state index is 12.6. The third-order valence-corrected chi connectivity index (χ3v) is 10.4. The van der Waals surface area contributed by atoms with Crippen LogP contribution in [0.15, 0.2) is 43.6 Å². The van der Waals surface area contributed by atoms with E-state index in [9.17, 15) is 58.3 Å². The van der Waals surface area contributed by atoms with E-state index in [0.29, 0.717) is 12.2 Å². The quantitative estimate of drug-likeness (QED) is 0.289. The van der Waals surface area contributed by atoms with Gasteiger partial charge in [0.2, 0.25) is 0 Å². The summed E-state index contributed by atoms with van der Waals surface area (Å²) >= 11 is 0. The predicted octanol–water partition coefficient (Wildman–Crippen LogP) is 12.0. The van der Waals surface area contributed by atoms with E-state index in [1.54, 1.807) is 12.1 Å². The molecule has 0 saturated carbocycles. The molecule has 1 aromatic rings. The summed E-state index contributed by atoms with van der Waals surface area (Å²) in [6, 6.07) is 3.62. The fourth-order valence-corrected chi connectivity index (χ4v) is 7.71. The Morgan fingerprint density at radius 1 is 0.750 bits per heavy atom. The summed E-state index contributed by atoms with van der Waals surface area (Å²) in [5.41, 5.74) is -2.93. The smallest absolute Gasteiger partial charge is 0.313 e. The van der Waals surface area contributed by atoms with Crippen molar-refractivity contribution in [2.75, 3.05) is 0 Å². The van der Waals surface area contributed by atoms with Crippen molar-refractivity contribution in [3.63, 3.8) is 0 Å². The SMILES string of the molecule is CC12C=C(S(F)(F)(F)(F)F)C(CC1C#N)O2.CC12C=C(S(F)(F)(F)(F)F)C(O1)C(C#N)C2.Cc1cc(S(F)(F)(F)(F)F)co1. The lowest BCUT2D eigenvalue weighted by atomic mass is 9.85. The Labute approximate surface area is 239 Å². The number of furan rings is 1. The molecule has 4 bridgehead atoms. The Morgan fingerprint density at radius 3 is 1.57 bits per heavy atom. The van der Waals surface area contributed by atoms with Crippen LogP contribution in [0.5, 0.6) is 0 Å². The minimum absolute atomic E-state index is 0.0194. The van der Waals surface area contributed by atoms with Gasteiger partial charge in [0, 0.05) is 6.07 Å². The van der Waals surface area contributed by atoms with Crippen LogP contribution in [0.4, 0.5) is 58.3 Å². The Balaban J connectivity index is 0.000000183. The van der Waals surface area contributed by atoms with Crippen LogP contribution in [-0.4, -0.2) is 23.4 Å². The van der Waals surface area contributed by atoms with Crippen molar-refractivity contribution < 1.29 is 72.2 Å². The molecule has 5 heterocycles. The molecule has 0 aromatic carbocycles. The first-order chi connectivity index (χ1) is 18.7. The zero-order valence-corrected chi connectivity index (χ0v) is 24.5. The molecule has 0 aliphatic carbocycles. The van der Waals surface area contributed by atoms with Crippen molar-refractivity contribution in [1.29, 1.82) is 10.5 Å². The molecule has 44 heavy (non-hydrogen) atoms. The number of aryl methyl sites for hydroxylation is 1. The third-order valence-electron chi connectivity index (χ3n) is 6.76. The molecular formula is C21H21F15N2O3S3. The van der Waals surface area contributed by atoms with E-state index in [2.05, 4.69) is 4.42 Å². The molecule has 1 aromatic heterocycles. The fourth-order valence-electron chi connectivity index (χ4n) is 4.87. The summed E-state index contributed by atoms with van der Waals surface area (Å²) in [5, 5.41) is 17.3. The van der Waals surface area contributed by atoms with Gasteiger partial charge in [0.1, 0.15) is 38.4 Å². The van der Waals surface area contributed by atoms with Crippen LogP contribution < -0.4 is 0 Å². The van der Waals surface area contributed by atoms with Gasteiger partial charge in [-0.25, -0.2) is 0 Å². The predicted molar refractivity (Wildman–Crippen MR) is 131 cm³/mol. The van der Waals surface area contributed by atoms with Gasteiger partial charge < -0.3 is 13.9 Å². The average Bonchev–Trinajstić information content (AvgIpc) is 3.53. The van der Waals surface area contributed by atoms with E-state index >= 15 is 0 Å². The molecule has 23 heteroatoms. The van der Waals surface area contributed by atoms with E-state index < -0.39 is 80.6 Å². The first kappa shape index (κ1) is 36.1. The van der Waals surface area contributed by atoms with Gasteiger partial charge in [-0.3, -0.25) is 0 Å². The zero-order chi connectivity index (χ0) is 34.6. The Morgan fingerprint density at radius 2 is 1.27 bits per heavy atom. The molecule has 2 saturated heterocycles. The second-order valence-corrected chi connectivity index (χ2v) is 18.1. The highest BCUT2D eigenvalue weighted by Crippen LogP contribution is 3.04. The van der Waals surface area contributed by atoms with Gasteiger partial charge in [0.15, 0.2) is 0 Å². The number of hydrogen-bond acceptors (Lipinski definition) is 5. The van der Waals surface area contributed by atoms with Crippen molar-refractivity contribution in [2.45, 2.75) is 61.9 Å². The molecule has 4 aliphatic heterocycles. The number of fused-ring (bicyclic) bond motifs is 4. The van der Waals surface area contributed by atoms with E-state index in [-0.39, 0.29) is 30.9 Å². The topological polar surface area (TPSA) is 79.2 Å². The van der Waals surface area contributed by atoms with E-state index in [0.717, 1.165) is 6.92 Å². The zero-order valence-electron chi connectivity index (χ0n) is 22.0. The van der Waals surface area contributed by atoms with Gasteiger partial charge in [-0.05, 0) is 45.8 Å². The maximum Gasteiger partial charge on any atom is 0.313 e. The highest BCUT2D eigenvalue weighted by atomic mass is 32.5. The molecule has 6 atom stereocenters. The summed E-state index contributed by atoms with van der Waals surface area (Å²) < 4.78 is 199. The van der Waals surface area contributed by atoms with Gasteiger partial charge in [-0.15, -0.1) is 0 Å². The number of rotatable bonds is 3. The van der Waals surface area contributed by atoms with Crippen LogP contribution in [0.3, 0.4) is 0 Å². The van der Waals surface area contributed by atoms with Crippen LogP contribution in [0.1, 0.15) is 32.4 Å². The van der Waals surface area contributed by atoms with E-state index in [4.69, 9.17) is 20.0 Å². The van der Waals surface area contributed by atoms with Crippen molar-refractivity contribution >= 4 is 30.7 Å². The number of halogens is 15. The second-order valence-electron chi connectivity index (χ2n) is 10.9. The molecule has 0 N–H and O–H groups in total. The molecule has 5 rings (SSSR count). The normalized spacial score (nSPS) is 35.7. The molecule has 4 aliphatic rings. The molecule has 0 amide bonds. The van der Waals surface area contributed by atoms with Crippen molar-refractivity contribution in [3.8, 4) is 12.1 Å². The molecule has 5 nitrogen and oxygen atoms in total. The van der Waals surface area contributed by atoms with Gasteiger partial charge in [-0.2, -0.15) is 10.5 Å². The largest absolute Gasteiger partial charge is 0.468 e. The maximum atomic E-state index is 12.6. The average molecular weight is 731 g/mol. The number of ether oxygens (including phenoxy) is 2. The molecular weight excluding hydrogens is 709 g/mol. The Hall–Kier alpha value is -2.34. The lowest BCUT2D eigenvalue weighted by Crippen LogP contribution is -2.28. The van der Waals surface area contributed by atoms with Crippen molar-refractivity contribution in [3.05, 3.63) is 40.1 Å². The minimum atomic E-state index is -9.71. The third kappa shape index (κ3) is 7.71. The first-order valence-corrected chi connectivity index (χ1v) is 17.4. The van der Waals surface area contributed by atoms with Crippen LogP contribution in [0, 0.1) is 41.4 Å². The van der Waals surface area contributed by atoms with Crippen molar-refractivity contribution in [1.82, 2.24) is 0 Å². The highest BCUT2D eigenvalue weighted by molar-refractivity contribution is 8.49. The molecule has 2 fully saturated rings. The van der Waals surface area contributed by atoms with Crippen LogP contribution in [-0.2, 0) is 9.47 Å². The highest BCUT2D eigenvalue weighted by Gasteiger charge is 2.75. The van der Waals surface area contributed by atoms with E-state index in [1.807, 2.05) is 0 Å². The van der Waals surface area contributed by atoms with E-state index in [1.165, 1.54) is 13.8 Å². The fraction of sp³-hybridized carbons (Fsp3) is 0.524. The second kappa shape index (κ2) is 7.96. The van der Waals surface area contributed by atoms with Gasteiger partial charge in [0.05, 0.1) is 35.7 Å². The lowest BCUT2D eigenvalue weighted by Gasteiger charge is -2.43. The molecule has 256 valence electrons. The number of nitrogens with zero attached hydrogens (tertiary/aromatic N) is 2.